The van der Waals surface area contributed by atoms with Crippen LogP contribution >= 0.6 is 0 Å². The van der Waals surface area contributed by atoms with Crippen LogP contribution < -0.4 is 10.6 Å². The average molecular weight is 817 g/mol. The highest BCUT2D eigenvalue weighted by molar-refractivity contribution is 5.80. The summed E-state index contributed by atoms with van der Waals surface area (Å²) in [6.07, 6.45) is 11.6. The number of benzene rings is 3. The van der Waals surface area contributed by atoms with Gasteiger partial charge < -0.3 is 39.4 Å². The van der Waals surface area contributed by atoms with Crippen LogP contribution in [-0.4, -0.2) is 73.4 Å². The minimum Gasteiger partial charge on any atom is -0.381 e. The first-order chi connectivity index (χ1) is 28.8. The molecule has 0 aromatic heterocycles. The molecule has 59 heavy (non-hydrogen) atoms. The largest absolute Gasteiger partial charge is 0.381 e. The molecule has 0 radical (unpaired) electrons. The van der Waals surface area contributed by atoms with Gasteiger partial charge in [0.15, 0.2) is 12.4 Å². The van der Waals surface area contributed by atoms with Crippen LogP contribution in [0.2, 0.25) is 0 Å². The third-order valence-electron chi connectivity index (χ3n) is 10.7. The van der Waals surface area contributed by atoms with E-state index in [9.17, 15) is 14.7 Å². The van der Waals surface area contributed by atoms with Crippen LogP contribution in [0.3, 0.4) is 0 Å². The van der Waals surface area contributed by atoms with Crippen LogP contribution in [0.5, 0.6) is 0 Å². The van der Waals surface area contributed by atoms with Crippen molar-refractivity contribution >= 4 is 11.8 Å². The van der Waals surface area contributed by atoms with Crippen molar-refractivity contribution < 1.29 is 38.4 Å². The van der Waals surface area contributed by atoms with Gasteiger partial charge in [-0.1, -0.05) is 182 Å². The molecule has 0 unspecified atom stereocenters. The van der Waals surface area contributed by atoms with Crippen molar-refractivity contribution in [2.75, 3.05) is 19.8 Å². The molecular formula is C49H72N2O8. The predicted octanol–water partition coefficient (Wildman–Crippen LogP) is 8.82. The predicted molar refractivity (Wildman–Crippen MR) is 232 cm³/mol. The van der Waals surface area contributed by atoms with Gasteiger partial charge in [-0.15, -0.1) is 0 Å². The number of aliphatic hydroxyl groups is 1. The number of ether oxygens (including phenoxy) is 5. The van der Waals surface area contributed by atoms with Crippen LogP contribution in [0.25, 0.3) is 0 Å². The van der Waals surface area contributed by atoms with E-state index in [0.717, 1.165) is 41.9 Å². The molecule has 1 saturated heterocycles. The second-order valence-electron chi connectivity index (χ2n) is 16.4. The molecular weight excluding hydrogens is 745 g/mol. The lowest BCUT2D eigenvalue weighted by atomic mass is 9.95. The fourth-order valence-electron chi connectivity index (χ4n) is 7.40. The molecule has 1 heterocycles. The number of hydrogen-bond acceptors (Lipinski definition) is 8. The first kappa shape index (κ1) is 48.0. The molecule has 0 spiro atoms. The van der Waals surface area contributed by atoms with Crippen LogP contribution in [0.4, 0.5) is 0 Å². The molecule has 10 heteroatoms. The maximum atomic E-state index is 12.9. The third-order valence-corrected chi connectivity index (χ3v) is 10.7. The smallest absolute Gasteiger partial charge is 0.251 e. The normalized spacial score (nSPS) is 19.7. The Bertz CT molecular complexity index is 1530. The number of hydrogen-bond donors (Lipinski definition) is 3. The van der Waals surface area contributed by atoms with E-state index in [1.165, 1.54) is 71.1 Å². The molecule has 0 bridgehead atoms. The lowest BCUT2D eigenvalue weighted by Crippen LogP contribution is -2.66. The Balaban J connectivity index is 1.30. The molecule has 10 nitrogen and oxygen atoms in total. The van der Waals surface area contributed by atoms with Gasteiger partial charge in [0.1, 0.15) is 24.4 Å². The van der Waals surface area contributed by atoms with Crippen LogP contribution in [-0.2, 0) is 53.1 Å². The van der Waals surface area contributed by atoms with E-state index in [4.69, 9.17) is 23.7 Å². The monoisotopic (exact) mass is 817 g/mol. The molecule has 2 amide bonds. The van der Waals surface area contributed by atoms with Crippen molar-refractivity contribution in [3.8, 4) is 0 Å². The summed E-state index contributed by atoms with van der Waals surface area (Å²) in [6, 6.07) is 28.6. The number of nitrogens with one attached hydrogen (secondary N) is 2. The Morgan fingerprint density at radius 1 is 0.644 bits per heavy atom. The summed E-state index contributed by atoms with van der Waals surface area (Å²) in [5.74, 6) is -0.00845. The lowest BCUT2D eigenvalue weighted by molar-refractivity contribution is -0.293. The molecule has 326 valence electrons. The van der Waals surface area contributed by atoms with Crippen molar-refractivity contribution in [2.24, 2.45) is 5.92 Å². The number of carbonyl (C=O) groups excluding carboxylic acids is 2. The topological polar surface area (TPSA) is 125 Å². The number of unbranched alkanes of at least 4 members (excludes halogenated alkanes) is 11. The van der Waals surface area contributed by atoms with Crippen molar-refractivity contribution in [1.82, 2.24) is 10.6 Å². The molecule has 6 atom stereocenters. The van der Waals surface area contributed by atoms with E-state index in [-0.39, 0.29) is 32.3 Å². The SMILES string of the molecule is CC(=O)N[C@H]1[C@@H](OC[C@@H](O)C(=O)NCCCCCCCCCCCCCCC(C)C)O[C@H](COCc2ccccc2)[C@@H](OCc2ccccc2)[C@@H]1OCc1ccccc1. The van der Waals surface area contributed by atoms with Crippen LogP contribution in [0, 0.1) is 5.92 Å². The highest BCUT2D eigenvalue weighted by Gasteiger charge is 2.49. The van der Waals surface area contributed by atoms with Gasteiger partial charge in [-0.2, -0.15) is 0 Å². The van der Waals surface area contributed by atoms with Gasteiger partial charge >= 0.3 is 0 Å². The Morgan fingerprint density at radius 2 is 1.12 bits per heavy atom. The van der Waals surface area contributed by atoms with Gasteiger partial charge in [0.05, 0.1) is 33.0 Å². The van der Waals surface area contributed by atoms with E-state index in [1.54, 1.807) is 0 Å². The van der Waals surface area contributed by atoms with Crippen LogP contribution in [0.15, 0.2) is 91.0 Å². The number of rotatable bonds is 30. The lowest BCUT2D eigenvalue weighted by Gasteiger charge is -2.46. The zero-order valence-electron chi connectivity index (χ0n) is 35.9. The quantitative estimate of drug-likeness (QED) is 0.0571. The minimum absolute atomic E-state index is 0.133. The summed E-state index contributed by atoms with van der Waals surface area (Å²) < 4.78 is 32.1. The number of carbonyl (C=O) groups is 2. The van der Waals surface area contributed by atoms with Crippen molar-refractivity contribution in [2.45, 2.75) is 161 Å². The Kier molecular flexibility index (Phi) is 23.4. The Hall–Kier alpha value is -3.64. The summed E-state index contributed by atoms with van der Waals surface area (Å²) >= 11 is 0. The molecule has 0 saturated carbocycles. The highest BCUT2D eigenvalue weighted by atomic mass is 16.7. The summed E-state index contributed by atoms with van der Waals surface area (Å²) in [4.78, 5) is 25.6. The Labute approximate surface area is 354 Å². The zero-order chi connectivity index (χ0) is 41.9. The van der Waals surface area contributed by atoms with E-state index < -0.39 is 42.7 Å². The Morgan fingerprint density at radius 3 is 1.63 bits per heavy atom. The number of aliphatic hydroxyl groups excluding tert-OH is 1. The van der Waals surface area contributed by atoms with Gasteiger partial charge in [-0.3, -0.25) is 9.59 Å². The highest BCUT2D eigenvalue weighted by Crippen LogP contribution is 2.29. The second kappa shape index (κ2) is 28.8. The van der Waals surface area contributed by atoms with Gasteiger partial charge in [0.25, 0.3) is 5.91 Å². The fourth-order valence-corrected chi connectivity index (χ4v) is 7.40. The zero-order valence-corrected chi connectivity index (χ0v) is 35.9. The fraction of sp³-hybridized carbons (Fsp3) is 0.592. The van der Waals surface area contributed by atoms with Gasteiger partial charge in [0.2, 0.25) is 5.91 Å². The summed E-state index contributed by atoms with van der Waals surface area (Å²) in [5, 5.41) is 16.7. The summed E-state index contributed by atoms with van der Waals surface area (Å²) in [5.41, 5.74) is 2.91. The van der Waals surface area contributed by atoms with E-state index in [1.807, 2.05) is 91.0 Å². The van der Waals surface area contributed by atoms with Gasteiger partial charge in [0, 0.05) is 13.5 Å². The molecule has 3 aromatic carbocycles. The van der Waals surface area contributed by atoms with Gasteiger partial charge in [-0.25, -0.2) is 0 Å². The standard InChI is InChI=1S/C49H72N2O8/c1-38(2)25-17-12-10-8-6-4-5-7-9-11-13-24-32-50-48(54)43(53)36-58-49-45(51-39(3)52)47(57-35-42-30-22-16-23-31-42)46(56-34-41-28-20-15-21-29-41)44(59-49)37-55-33-40-26-18-14-19-27-40/h14-16,18-23,26-31,38,43-47,49,53H,4-13,17,24-25,32-37H2,1-3H3,(H,50,54)(H,51,52)/t43-,44-,45-,46-,47-,49+/m1/s1. The van der Waals surface area contributed by atoms with Crippen LogP contribution in [0.1, 0.15) is 121 Å². The average Bonchev–Trinajstić information content (AvgIpc) is 3.24. The molecule has 3 N–H and O–H groups in total. The molecule has 3 aromatic rings. The molecule has 1 aliphatic heterocycles. The number of amides is 2. The molecule has 1 fully saturated rings. The van der Waals surface area contributed by atoms with Crippen molar-refractivity contribution in [3.63, 3.8) is 0 Å². The first-order valence-corrected chi connectivity index (χ1v) is 22.2. The van der Waals surface area contributed by atoms with E-state index in [2.05, 4.69) is 24.5 Å². The van der Waals surface area contributed by atoms with Gasteiger partial charge in [-0.05, 0) is 29.0 Å². The third kappa shape index (κ3) is 19.5. The molecule has 1 aliphatic rings. The summed E-state index contributed by atoms with van der Waals surface area (Å²) in [6.45, 7) is 7.15. The maximum absolute atomic E-state index is 12.9. The maximum Gasteiger partial charge on any atom is 0.251 e. The van der Waals surface area contributed by atoms with E-state index >= 15 is 0 Å². The second-order valence-corrected chi connectivity index (χ2v) is 16.4. The van der Waals surface area contributed by atoms with Crippen molar-refractivity contribution in [3.05, 3.63) is 108 Å². The van der Waals surface area contributed by atoms with Crippen molar-refractivity contribution in [1.29, 1.82) is 0 Å². The summed E-state index contributed by atoms with van der Waals surface area (Å²) in [7, 11) is 0. The first-order valence-electron chi connectivity index (χ1n) is 22.2. The molecule has 4 rings (SSSR count). The minimum atomic E-state index is -1.43. The molecule has 0 aliphatic carbocycles. The van der Waals surface area contributed by atoms with E-state index in [0.29, 0.717) is 13.2 Å².